The Balaban J connectivity index is 2.66. The number of azide groups is 1. The number of nitrogens with zero attached hydrogens (tertiary/aromatic N) is 4. The number of rotatable bonds is 2. The Morgan fingerprint density at radius 2 is 2.43 bits per heavy atom. The lowest BCUT2D eigenvalue weighted by atomic mass is 10.0. The number of hydrogen-bond donors (Lipinski definition) is 1. The van der Waals surface area contributed by atoms with Gasteiger partial charge in [-0.25, -0.2) is 0 Å². The van der Waals surface area contributed by atoms with Crippen molar-refractivity contribution in [3.63, 3.8) is 0 Å². The Bertz CT molecular complexity index is 260. The summed E-state index contributed by atoms with van der Waals surface area (Å²) < 4.78 is 0. The first-order valence-electron chi connectivity index (χ1n) is 4.66. The van der Waals surface area contributed by atoms with Crippen LogP contribution in [0.5, 0.6) is 0 Å². The zero-order chi connectivity index (χ0) is 10.6. The van der Waals surface area contributed by atoms with Crippen molar-refractivity contribution in [2.75, 3.05) is 20.1 Å². The molecule has 1 aliphatic rings. The Morgan fingerprint density at radius 1 is 1.71 bits per heavy atom. The van der Waals surface area contributed by atoms with Gasteiger partial charge in [0.05, 0.1) is 6.04 Å². The van der Waals surface area contributed by atoms with Crippen molar-refractivity contribution in [3.05, 3.63) is 10.4 Å². The van der Waals surface area contributed by atoms with Gasteiger partial charge in [-0.15, -0.1) is 0 Å². The average Bonchev–Trinajstić information content (AvgIpc) is 2.18. The van der Waals surface area contributed by atoms with Gasteiger partial charge in [-0.05, 0) is 19.0 Å². The summed E-state index contributed by atoms with van der Waals surface area (Å²) >= 11 is 0. The number of likely N-dealkylation sites (N-methyl/N-ethyl adjacent to an activating group) is 1. The van der Waals surface area contributed by atoms with Crippen LogP contribution in [0.15, 0.2) is 5.11 Å². The second-order valence-corrected chi connectivity index (χ2v) is 3.42. The molecular formula is C8H15N5O. The van der Waals surface area contributed by atoms with Crippen LogP contribution in [0.2, 0.25) is 0 Å². The summed E-state index contributed by atoms with van der Waals surface area (Å²) in [6, 6.07) is 0.0316. The summed E-state index contributed by atoms with van der Waals surface area (Å²) in [4.78, 5) is 15.6. The van der Waals surface area contributed by atoms with Gasteiger partial charge in [0.1, 0.15) is 0 Å². The van der Waals surface area contributed by atoms with Crippen LogP contribution in [0.25, 0.3) is 10.4 Å². The molecule has 1 saturated heterocycles. The molecule has 0 aliphatic carbocycles. The van der Waals surface area contributed by atoms with Gasteiger partial charge < -0.3 is 10.2 Å². The molecule has 6 nitrogen and oxygen atoms in total. The van der Waals surface area contributed by atoms with Gasteiger partial charge in [0.25, 0.3) is 0 Å². The Hall–Kier alpha value is -1.26. The normalized spacial score (nSPS) is 26.9. The van der Waals surface area contributed by atoms with E-state index in [1.807, 2.05) is 7.05 Å². The first-order chi connectivity index (χ1) is 6.69. The number of piperidine rings is 1. The van der Waals surface area contributed by atoms with Crippen molar-refractivity contribution in [1.29, 1.82) is 0 Å². The van der Waals surface area contributed by atoms with Crippen molar-refractivity contribution in [2.24, 2.45) is 5.11 Å². The fraction of sp³-hybridized carbons (Fsp3) is 0.875. The molecule has 6 heteroatoms. The number of nitrogens with one attached hydrogen (secondary N) is 1. The van der Waals surface area contributed by atoms with Crippen molar-refractivity contribution in [3.8, 4) is 0 Å². The van der Waals surface area contributed by atoms with E-state index < -0.39 is 0 Å². The van der Waals surface area contributed by atoms with E-state index in [9.17, 15) is 4.79 Å². The number of hydrogen-bond acceptors (Lipinski definition) is 3. The van der Waals surface area contributed by atoms with Gasteiger partial charge in [0.15, 0.2) is 0 Å². The highest BCUT2D eigenvalue weighted by Gasteiger charge is 2.28. The van der Waals surface area contributed by atoms with E-state index in [4.69, 9.17) is 5.53 Å². The maximum absolute atomic E-state index is 11.1. The summed E-state index contributed by atoms with van der Waals surface area (Å²) in [6.07, 6.45) is 0.833. The first kappa shape index (κ1) is 10.8. The van der Waals surface area contributed by atoms with Gasteiger partial charge in [-0.2, -0.15) is 0 Å². The number of likely N-dealkylation sites (tertiary alicyclic amines) is 1. The predicted octanol–water partition coefficient (Wildman–Crippen LogP) is 0.506. The topological polar surface area (TPSA) is 81.1 Å². The summed E-state index contributed by atoms with van der Waals surface area (Å²) in [5.74, 6) is 0.0395. The minimum atomic E-state index is -0.150. The van der Waals surface area contributed by atoms with Gasteiger partial charge in [-0.3, -0.25) is 4.79 Å². The lowest BCUT2D eigenvalue weighted by molar-refractivity contribution is -0.130. The minimum absolute atomic E-state index is 0.0395. The minimum Gasteiger partial charge on any atom is -0.342 e. The van der Waals surface area contributed by atoms with Crippen LogP contribution in [0, 0.1) is 0 Å². The van der Waals surface area contributed by atoms with Crippen LogP contribution >= 0.6 is 0 Å². The van der Waals surface area contributed by atoms with Crippen molar-refractivity contribution < 1.29 is 4.79 Å². The molecule has 14 heavy (non-hydrogen) atoms. The Labute approximate surface area is 82.9 Å². The lowest BCUT2D eigenvalue weighted by Crippen LogP contribution is -2.51. The van der Waals surface area contributed by atoms with E-state index in [0.29, 0.717) is 6.54 Å². The standard InChI is InChI=1S/C8H15N5O/c1-6(14)13-4-3-7(10-2)8(5-13)11-12-9/h7-8,10H,3-5H2,1-2H3. The molecule has 0 spiro atoms. The monoisotopic (exact) mass is 197 g/mol. The molecular weight excluding hydrogens is 182 g/mol. The molecule has 1 aliphatic heterocycles. The fourth-order valence-corrected chi connectivity index (χ4v) is 1.74. The first-order valence-corrected chi connectivity index (χ1v) is 4.66. The lowest BCUT2D eigenvalue weighted by Gasteiger charge is -2.35. The molecule has 1 amide bonds. The molecule has 0 radical (unpaired) electrons. The fourth-order valence-electron chi connectivity index (χ4n) is 1.74. The largest absolute Gasteiger partial charge is 0.342 e. The molecule has 0 saturated carbocycles. The van der Waals surface area contributed by atoms with Gasteiger partial charge in [0, 0.05) is 31.0 Å². The molecule has 0 bridgehead atoms. The van der Waals surface area contributed by atoms with Crippen LogP contribution in [0.1, 0.15) is 13.3 Å². The number of carbonyl (C=O) groups excluding carboxylic acids is 1. The van der Waals surface area contributed by atoms with Crippen molar-refractivity contribution >= 4 is 5.91 Å². The van der Waals surface area contributed by atoms with Crippen LogP contribution in [0.3, 0.4) is 0 Å². The smallest absolute Gasteiger partial charge is 0.219 e. The molecule has 2 unspecified atom stereocenters. The van der Waals surface area contributed by atoms with Crippen LogP contribution in [0.4, 0.5) is 0 Å². The summed E-state index contributed by atoms with van der Waals surface area (Å²) in [5.41, 5.74) is 8.38. The maximum Gasteiger partial charge on any atom is 0.219 e. The molecule has 0 aromatic rings. The Morgan fingerprint density at radius 3 is 2.93 bits per heavy atom. The van der Waals surface area contributed by atoms with Gasteiger partial charge in [-0.1, -0.05) is 5.11 Å². The van der Waals surface area contributed by atoms with Gasteiger partial charge >= 0.3 is 0 Å². The number of amides is 1. The third-order valence-electron chi connectivity index (χ3n) is 2.60. The third kappa shape index (κ3) is 2.37. The second kappa shape index (κ2) is 4.83. The summed E-state index contributed by atoms with van der Waals surface area (Å²) in [5, 5.41) is 6.79. The molecule has 1 N–H and O–H groups in total. The maximum atomic E-state index is 11.1. The van der Waals surface area contributed by atoms with Crippen LogP contribution < -0.4 is 5.32 Å². The average molecular weight is 197 g/mol. The van der Waals surface area contributed by atoms with Crippen molar-refractivity contribution in [1.82, 2.24) is 10.2 Å². The molecule has 2 atom stereocenters. The molecule has 78 valence electrons. The molecule has 1 heterocycles. The number of carbonyl (C=O) groups is 1. The van der Waals surface area contributed by atoms with E-state index in [0.717, 1.165) is 13.0 Å². The summed E-state index contributed by atoms with van der Waals surface area (Å²) in [6.45, 7) is 2.79. The highest BCUT2D eigenvalue weighted by molar-refractivity contribution is 5.73. The van der Waals surface area contributed by atoms with Crippen LogP contribution in [-0.2, 0) is 4.79 Å². The molecule has 0 aromatic carbocycles. The zero-order valence-electron chi connectivity index (χ0n) is 8.47. The Kier molecular flexibility index (Phi) is 3.73. The SMILES string of the molecule is CNC1CCN(C(C)=O)CC1N=[N+]=[N-]. The van der Waals surface area contributed by atoms with Crippen molar-refractivity contribution in [2.45, 2.75) is 25.4 Å². The highest BCUT2D eigenvalue weighted by atomic mass is 16.2. The van der Waals surface area contributed by atoms with E-state index in [-0.39, 0.29) is 18.0 Å². The zero-order valence-corrected chi connectivity index (χ0v) is 8.47. The van der Waals surface area contributed by atoms with E-state index in [2.05, 4.69) is 15.3 Å². The third-order valence-corrected chi connectivity index (χ3v) is 2.60. The van der Waals surface area contributed by atoms with Crippen LogP contribution in [-0.4, -0.2) is 43.0 Å². The molecule has 1 fully saturated rings. The van der Waals surface area contributed by atoms with Gasteiger partial charge in [0.2, 0.25) is 5.91 Å². The van der Waals surface area contributed by atoms with E-state index in [1.54, 1.807) is 4.90 Å². The predicted molar refractivity (Wildman–Crippen MR) is 52.7 cm³/mol. The molecule has 1 rings (SSSR count). The highest BCUT2D eigenvalue weighted by Crippen LogP contribution is 2.14. The van der Waals surface area contributed by atoms with E-state index in [1.165, 1.54) is 6.92 Å². The van der Waals surface area contributed by atoms with E-state index >= 15 is 0 Å². The summed E-state index contributed by atoms with van der Waals surface area (Å²) in [7, 11) is 1.84. The molecule has 0 aromatic heterocycles. The quantitative estimate of drug-likeness (QED) is 0.397. The second-order valence-electron chi connectivity index (χ2n) is 3.42.